The van der Waals surface area contributed by atoms with E-state index >= 15 is 0 Å². The topological polar surface area (TPSA) is 43.4 Å². The molecule has 138 valence electrons. The summed E-state index contributed by atoms with van der Waals surface area (Å²) in [5, 5.41) is 0. The highest BCUT2D eigenvalue weighted by molar-refractivity contribution is 5.87. The first-order chi connectivity index (χ1) is 11.7. The average molecular weight is 344 g/mol. The highest BCUT2D eigenvalue weighted by Crippen LogP contribution is 2.67. The normalized spacial score (nSPS) is 51.4. The summed E-state index contributed by atoms with van der Waals surface area (Å²) in [6.45, 7) is 8.58. The van der Waals surface area contributed by atoms with Gasteiger partial charge in [-0.3, -0.25) is 9.59 Å². The number of allylic oxidation sites excluding steroid dienone is 2. The van der Waals surface area contributed by atoms with Crippen molar-refractivity contribution in [2.24, 2.45) is 34.0 Å². The molecule has 0 aromatic carbocycles. The summed E-state index contributed by atoms with van der Waals surface area (Å²) in [4.78, 5) is 23.9. The minimum absolute atomic E-state index is 0.0543. The van der Waals surface area contributed by atoms with E-state index in [-0.39, 0.29) is 28.3 Å². The van der Waals surface area contributed by atoms with E-state index in [0.29, 0.717) is 23.5 Å². The molecule has 0 saturated heterocycles. The van der Waals surface area contributed by atoms with Gasteiger partial charge >= 0.3 is 5.97 Å². The van der Waals surface area contributed by atoms with E-state index in [1.165, 1.54) is 6.92 Å². The fraction of sp³-hybridized carbons (Fsp3) is 0.818. The summed E-state index contributed by atoms with van der Waals surface area (Å²) < 4.78 is 5.57. The van der Waals surface area contributed by atoms with Gasteiger partial charge in [0.15, 0.2) is 0 Å². The van der Waals surface area contributed by atoms with Crippen molar-refractivity contribution < 1.29 is 14.3 Å². The molecule has 0 amide bonds. The minimum Gasteiger partial charge on any atom is -0.463 e. The Kier molecular flexibility index (Phi) is 3.76. The minimum atomic E-state index is -0.159. The molecule has 0 radical (unpaired) electrons. The zero-order chi connectivity index (χ0) is 18.0. The van der Waals surface area contributed by atoms with E-state index in [4.69, 9.17) is 4.74 Å². The molecule has 0 aromatic heterocycles. The number of ketones is 1. The van der Waals surface area contributed by atoms with Crippen molar-refractivity contribution in [2.75, 3.05) is 0 Å². The van der Waals surface area contributed by atoms with Gasteiger partial charge in [0.2, 0.25) is 0 Å². The van der Waals surface area contributed by atoms with Gasteiger partial charge in [0.05, 0.1) is 0 Å². The molecule has 3 nitrogen and oxygen atoms in total. The molecule has 0 heterocycles. The summed E-state index contributed by atoms with van der Waals surface area (Å²) >= 11 is 0. The summed E-state index contributed by atoms with van der Waals surface area (Å²) in [5.74, 6) is 2.08. The van der Waals surface area contributed by atoms with Gasteiger partial charge < -0.3 is 4.74 Å². The number of carbonyl (C=O) groups excluding carboxylic acids is 2. The number of hydrogen-bond donors (Lipinski definition) is 0. The van der Waals surface area contributed by atoms with Crippen LogP contribution in [0.4, 0.5) is 0 Å². The lowest BCUT2D eigenvalue weighted by molar-refractivity contribution is -0.159. The predicted molar refractivity (Wildman–Crippen MR) is 96.8 cm³/mol. The summed E-state index contributed by atoms with van der Waals surface area (Å²) in [6, 6.07) is 0. The van der Waals surface area contributed by atoms with E-state index < -0.39 is 0 Å². The van der Waals surface area contributed by atoms with Gasteiger partial charge in [0.1, 0.15) is 11.9 Å². The first-order valence-corrected chi connectivity index (χ1v) is 10.1. The Labute approximate surface area is 151 Å². The monoisotopic (exact) mass is 344 g/mol. The van der Waals surface area contributed by atoms with Crippen LogP contribution in [0.1, 0.15) is 72.6 Å². The number of hydrogen-bond acceptors (Lipinski definition) is 3. The second-order valence-corrected chi connectivity index (χ2v) is 9.88. The maximum Gasteiger partial charge on any atom is 0.302 e. The largest absolute Gasteiger partial charge is 0.463 e. The van der Waals surface area contributed by atoms with Crippen LogP contribution in [0.25, 0.3) is 0 Å². The van der Waals surface area contributed by atoms with E-state index in [9.17, 15) is 9.59 Å². The maximum absolute atomic E-state index is 12.5. The lowest BCUT2D eigenvalue weighted by Gasteiger charge is -2.62. The molecule has 0 bridgehead atoms. The van der Waals surface area contributed by atoms with Crippen LogP contribution in [0, 0.1) is 34.0 Å². The van der Waals surface area contributed by atoms with Gasteiger partial charge in [-0.2, -0.15) is 0 Å². The lowest BCUT2D eigenvalue weighted by Crippen LogP contribution is -2.56. The van der Waals surface area contributed by atoms with Gasteiger partial charge in [-0.25, -0.2) is 0 Å². The Morgan fingerprint density at radius 2 is 1.88 bits per heavy atom. The second-order valence-electron chi connectivity index (χ2n) is 9.88. The van der Waals surface area contributed by atoms with Crippen molar-refractivity contribution >= 4 is 11.8 Å². The fourth-order valence-electron chi connectivity index (χ4n) is 7.06. The number of rotatable bonds is 1. The first-order valence-electron chi connectivity index (χ1n) is 10.1. The molecule has 3 fully saturated rings. The quantitative estimate of drug-likeness (QED) is 0.512. The Hall–Kier alpha value is -1.12. The van der Waals surface area contributed by atoms with Crippen LogP contribution in [0.15, 0.2) is 12.2 Å². The summed E-state index contributed by atoms with van der Waals surface area (Å²) in [6.07, 6.45) is 12.0. The highest BCUT2D eigenvalue weighted by atomic mass is 16.5. The zero-order valence-electron chi connectivity index (χ0n) is 16.1. The fourth-order valence-corrected chi connectivity index (χ4v) is 7.06. The van der Waals surface area contributed by atoms with Crippen molar-refractivity contribution in [1.82, 2.24) is 0 Å². The van der Waals surface area contributed by atoms with Crippen LogP contribution >= 0.6 is 0 Å². The third-order valence-electron chi connectivity index (χ3n) is 8.82. The van der Waals surface area contributed by atoms with Crippen LogP contribution in [-0.4, -0.2) is 17.9 Å². The SMILES string of the molecule is CC(=O)OC1CCC2(C)C3CCC4(C)C(=O)CCC4C3C=CC2(C)C1. The third kappa shape index (κ3) is 2.30. The second kappa shape index (κ2) is 5.44. The molecule has 0 N–H and O–H groups in total. The number of esters is 1. The Morgan fingerprint density at radius 1 is 1.12 bits per heavy atom. The molecule has 4 aliphatic rings. The molecule has 0 aromatic rings. The van der Waals surface area contributed by atoms with Crippen LogP contribution < -0.4 is 0 Å². The maximum atomic E-state index is 12.5. The summed E-state index contributed by atoms with van der Waals surface area (Å²) in [5.41, 5.74) is 0.253. The van der Waals surface area contributed by atoms with Crippen LogP contribution in [-0.2, 0) is 14.3 Å². The van der Waals surface area contributed by atoms with Crippen molar-refractivity contribution in [2.45, 2.75) is 78.7 Å². The molecule has 7 unspecified atom stereocenters. The summed E-state index contributed by atoms with van der Waals surface area (Å²) in [7, 11) is 0. The zero-order valence-corrected chi connectivity index (χ0v) is 16.1. The standard InChI is InChI=1S/C22H32O3/c1-14(23)25-15-7-12-22(4)18-9-11-21(3)17(5-6-19(21)24)16(18)8-10-20(22,2)13-15/h8,10,15-18H,5-7,9,11-13H2,1-4H3. The molecular weight excluding hydrogens is 312 g/mol. The highest BCUT2D eigenvalue weighted by Gasteiger charge is 2.62. The molecule has 0 spiro atoms. The molecule has 3 heteroatoms. The van der Waals surface area contributed by atoms with Crippen molar-refractivity contribution in [3.8, 4) is 0 Å². The average Bonchev–Trinajstić information content (AvgIpc) is 2.84. The van der Waals surface area contributed by atoms with Gasteiger partial charge in [0.25, 0.3) is 0 Å². The first kappa shape index (κ1) is 17.3. The number of carbonyl (C=O) groups is 2. The van der Waals surface area contributed by atoms with E-state index in [2.05, 4.69) is 32.9 Å². The van der Waals surface area contributed by atoms with Gasteiger partial charge in [-0.15, -0.1) is 0 Å². The van der Waals surface area contributed by atoms with Crippen molar-refractivity contribution in [3.05, 3.63) is 12.2 Å². The molecular formula is C22H32O3. The number of Topliss-reactive ketones (excluding diaryl/α,β-unsaturated/α-hetero) is 1. The van der Waals surface area contributed by atoms with Crippen LogP contribution in [0.3, 0.4) is 0 Å². The number of fused-ring (bicyclic) bond motifs is 5. The molecule has 4 rings (SSSR count). The van der Waals surface area contributed by atoms with Crippen LogP contribution in [0.5, 0.6) is 0 Å². The number of ether oxygens (including phenoxy) is 1. The van der Waals surface area contributed by atoms with Crippen molar-refractivity contribution in [3.63, 3.8) is 0 Å². The van der Waals surface area contributed by atoms with E-state index in [1.54, 1.807) is 0 Å². The van der Waals surface area contributed by atoms with Gasteiger partial charge in [-0.05, 0) is 67.1 Å². The van der Waals surface area contributed by atoms with Crippen LogP contribution in [0.2, 0.25) is 0 Å². The molecule has 4 aliphatic carbocycles. The smallest absolute Gasteiger partial charge is 0.302 e. The Balaban J connectivity index is 1.65. The van der Waals surface area contributed by atoms with E-state index in [0.717, 1.165) is 44.9 Å². The Bertz CT molecular complexity index is 637. The molecule has 25 heavy (non-hydrogen) atoms. The molecule has 3 saturated carbocycles. The van der Waals surface area contributed by atoms with Gasteiger partial charge in [0, 0.05) is 18.8 Å². The lowest BCUT2D eigenvalue weighted by atomic mass is 9.43. The molecule has 0 aliphatic heterocycles. The molecule has 7 atom stereocenters. The third-order valence-corrected chi connectivity index (χ3v) is 8.82. The Morgan fingerprint density at radius 3 is 2.60 bits per heavy atom. The predicted octanol–water partition coefficient (Wildman–Crippen LogP) is 4.70. The van der Waals surface area contributed by atoms with Crippen molar-refractivity contribution in [1.29, 1.82) is 0 Å². The van der Waals surface area contributed by atoms with E-state index in [1.807, 2.05) is 0 Å². The van der Waals surface area contributed by atoms with Gasteiger partial charge in [-0.1, -0.05) is 32.9 Å².